The number of nitrogens with zero attached hydrogens (tertiary/aromatic N) is 4. The Morgan fingerprint density at radius 1 is 1.12 bits per heavy atom. The summed E-state index contributed by atoms with van der Waals surface area (Å²) in [6.45, 7) is 3.08. The predicted molar refractivity (Wildman–Crippen MR) is 140 cm³/mol. The summed E-state index contributed by atoms with van der Waals surface area (Å²) in [5.74, 6) is 0.280. The van der Waals surface area contributed by atoms with Crippen molar-refractivity contribution in [2.24, 2.45) is 0 Å². The summed E-state index contributed by atoms with van der Waals surface area (Å²) in [5.41, 5.74) is 8.42. The van der Waals surface area contributed by atoms with E-state index >= 15 is 0 Å². The molecule has 0 saturated carbocycles. The molecule has 0 radical (unpaired) electrons. The van der Waals surface area contributed by atoms with Gasteiger partial charge in [-0.25, -0.2) is 9.97 Å². The lowest BCUT2D eigenvalue weighted by Gasteiger charge is -2.37. The van der Waals surface area contributed by atoms with Gasteiger partial charge in [0.15, 0.2) is 0 Å². The smallest absolute Gasteiger partial charge is 0.258 e. The second-order valence-corrected chi connectivity index (χ2v) is 8.78. The standard InChI is InChI=1S/C25H29N6O2P/c26-22-6-1-2-7-23(22)29-24(33)19-15-27-25(28-16-19)31-12-10-30(11-13-31)20(17-32)9-8-18-4-3-5-21(34)14-18/h1-9,14-16,20,32H,10-13,17,26,34H2,(H,29,33)/b9-8+. The topological polar surface area (TPSA) is 108 Å². The van der Waals surface area contributed by atoms with Gasteiger partial charge in [-0.2, -0.15) is 0 Å². The molecule has 4 rings (SSSR count). The molecule has 1 fully saturated rings. The first kappa shape index (κ1) is 23.8. The Morgan fingerprint density at radius 2 is 1.85 bits per heavy atom. The van der Waals surface area contributed by atoms with Crippen LogP contribution in [-0.2, 0) is 0 Å². The molecule has 0 spiro atoms. The van der Waals surface area contributed by atoms with E-state index in [0.717, 1.165) is 37.0 Å². The highest BCUT2D eigenvalue weighted by Crippen LogP contribution is 2.18. The van der Waals surface area contributed by atoms with Gasteiger partial charge < -0.3 is 21.1 Å². The SMILES string of the molecule is Nc1ccccc1NC(=O)c1cnc(N2CCN(C(/C=C/c3cccc(P)c3)CO)CC2)nc1. The van der Waals surface area contributed by atoms with E-state index in [-0.39, 0.29) is 18.6 Å². The summed E-state index contributed by atoms with van der Waals surface area (Å²) < 4.78 is 0. The van der Waals surface area contributed by atoms with E-state index in [1.807, 2.05) is 30.3 Å². The van der Waals surface area contributed by atoms with Gasteiger partial charge in [-0.1, -0.05) is 42.5 Å². The second-order valence-electron chi connectivity index (χ2n) is 8.12. The maximum atomic E-state index is 12.5. The van der Waals surface area contributed by atoms with Crippen LogP contribution in [0.25, 0.3) is 6.08 Å². The highest BCUT2D eigenvalue weighted by molar-refractivity contribution is 7.27. The van der Waals surface area contributed by atoms with Crippen molar-refractivity contribution in [2.75, 3.05) is 48.7 Å². The van der Waals surface area contributed by atoms with Crippen molar-refractivity contribution in [1.29, 1.82) is 0 Å². The number of rotatable bonds is 7. The molecule has 1 amide bonds. The molecule has 4 N–H and O–H groups in total. The van der Waals surface area contributed by atoms with E-state index in [2.05, 4.69) is 52.5 Å². The first-order chi connectivity index (χ1) is 16.5. The van der Waals surface area contributed by atoms with Gasteiger partial charge in [-0.15, -0.1) is 9.24 Å². The molecule has 9 heteroatoms. The van der Waals surface area contributed by atoms with Crippen LogP contribution < -0.4 is 21.3 Å². The summed E-state index contributed by atoms with van der Waals surface area (Å²) in [4.78, 5) is 25.6. The minimum Gasteiger partial charge on any atom is -0.397 e. The quantitative estimate of drug-likeness (QED) is 0.354. The molecule has 0 aliphatic carbocycles. The number of hydrogen-bond acceptors (Lipinski definition) is 7. The van der Waals surface area contributed by atoms with E-state index in [0.29, 0.717) is 22.9 Å². The van der Waals surface area contributed by atoms with Crippen LogP contribution in [0.3, 0.4) is 0 Å². The summed E-state index contributed by atoms with van der Waals surface area (Å²) in [6, 6.07) is 15.2. The van der Waals surface area contributed by atoms with Crippen LogP contribution in [0, 0.1) is 0 Å². The van der Waals surface area contributed by atoms with Crippen LogP contribution in [0.4, 0.5) is 17.3 Å². The highest BCUT2D eigenvalue weighted by atomic mass is 31.0. The molecular formula is C25H29N6O2P. The van der Waals surface area contributed by atoms with Crippen molar-refractivity contribution in [2.45, 2.75) is 6.04 Å². The van der Waals surface area contributed by atoms with Crippen molar-refractivity contribution in [3.8, 4) is 0 Å². The Morgan fingerprint density at radius 3 is 2.53 bits per heavy atom. The second kappa shape index (κ2) is 11.2. The van der Waals surface area contributed by atoms with Crippen LogP contribution in [0.2, 0.25) is 0 Å². The molecular weight excluding hydrogens is 447 g/mol. The average Bonchev–Trinajstić information content (AvgIpc) is 2.86. The van der Waals surface area contributed by atoms with E-state index in [9.17, 15) is 9.90 Å². The molecule has 2 heterocycles. The summed E-state index contributed by atoms with van der Waals surface area (Å²) in [6.07, 6.45) is 7.17. The average molecular weight is 477 g/mol. The third-order valence-electron chi connectivity index (χ3n) is 5.78. The third-order valence-corrected chi connectivity index (χ3v) is 6.14. The normalized spacial score (nSPS) is 15.4. The van der Waals surface area contributed by atoms with Crippen LogP contribution in [0.15, 0.2) is 67.0 Å². The number of anilines is 3. The van der Waals surface area contributed by atoms with Gasteiger partial charge in [0.1, 0.15) is 0 Å². The molecule has 2 atom stereocenters. The minimum atomic E-state index is -0.306. The van der Waals surface area contributed by atoms with Crippen LogP contribution in [-0.4, -0.2) is 64.7 Å². The molecule has 1 aliphatic heterocycles. The Kier molecular flexibility index (Phi) is 7.85. The predicted octanol–water partition coefficient (Wildman–Crippen LogP) is 2.01. The summed E-state index contributed by atoms with van der Waals surface area (Å²) >= 11 is 0. The monoisotopic (exact) mass is 476 g/mol. The van der Waals surface area contributed by atoms with Gasteiger partial charge in [0.2, 0.25) is 5.95 Å². The van der Waals surface area contributed by atoms with Gasteiger partial charge in [0.25, 0.3) is 5.91 Å². The number of carbonyl (C=O) groups is 1. The van der Waals surface area contributed by atoms with Crippen LogP contribution in [0.1, 0.15) is 15.9 Å². The fraction of sp³-hybridized carbons (Fsp3) is 0.240. The Hall–Kier alpha value is -3.32. The molecule has 1 saturated heterocycles. The molecule has 3 aromatic rings. The lowest BCUT2D eigenvalue weighted by atomic mass is 10.1. The zero-order chi connectivity index (χ0) is 23.9. The number of aliphatic hydroxyl groups excluding tert-OH is 1. The molecule has 2 aromatic carbocycles. The van der Waals surface area contributed by atoms with Crippen LogP contribution >= 0.6 is 9.24 Å². The van der Waals surface area contributed by atoms with Crippen molar-refractivity contribution >= 4 is 43.9 Å². The number of para-hydroxylation sites is 2. The molecule has 2 unspecified atom stereocenters. The lowest BCUT2D eigenvalue weighted by Crippen LogP contribution is -2.51. The summed E-state index contributed by atoms with van der Waals surface area (Å²) in [5, 5.41) is 13.8. The van der Waals surface area contributed by atoms with Gasteiger partial charge >= 0.3 is 0 Å². The number of aliphatic hydroxyl groups is 1. The zero-order valence-electron chi connectivity index (χ0n) is 18.8. The molecule has 8 nitrogen and oxygen atoms in total. The van der Waals surface area contributed by atoms with Gasteiger partial charge in [-0.3, -0.25) is 9.69 Å². The van der Waals surface area contributed by atoms with Crippen molar-refractivity contribution in [3.63, 3.8) is 0 Å². The Balaban J connectivity index is 1.32. The maximum absolute atomic E-state index is 12.5. The maximum Gasteiger partial charge on any atom is 0.258 e. The first-order valence-electron chi connectivity index (χ1n) is 11.1. The number of nitrogens with two attached hydrogens (primary N) is 1. The summed E-state index contributed by atoms with van der Waals surface area (Å²) in [7, 11) is 2.70. The number of carbonyl (C=O) groups excluding carboxylic acids is 1. The Labute approximate surface area is 201 Å². The molecule has 0 bridgehead atoms. The van der Waals surface area contributed by atoms with E-state index in [1.165, 1.54) is 12.4 Å². The van der Waals surface area contributed by atoms with Gasteiger partial charge in [-0.05, 0) is 29.1 Å². The van der Waals surface area contributed by atoms with E-state index in [1.54, 1.807) is 12.1 Å². The number of nitrogen functional groups attached to an aromatic ring is 1. The molecule has 34 heavy (non-hydrogen) atoms. The van der Waals surface area contributed by atoms with Gasteiger partial charge in [0, 0.05) is 38.6 Å². The number of nitrogens with one attached hydrogen (secondary N) is 1. The Bertz CT molecular complexity index is 1150. The lowest BCUT2D eigenvalue weighted by molar-refractivity contribution is 0.102. The number of piperazine rings is 1. The van der Waals surface area contributed by atoms with Gasteiger partial charge in [0.05, 0.1) is 29.6 Å². The molecule has 1 aromatic heterocycles. The van der Waals surface area contributed by atoms with Crippen LogP contribution in [0.5, 0.6) is 0 Å². The van der Waals surface area contributed by atoms with Crippen molar-refractivity contribution in [1.82, 2.24) is 14.9 Å². The fourth-order valence-corrected chi connectivity index (χ4v) is 4.15. The zero-order valence-corrected chi connectivity index (χ0v) is 20.0. The minimum absolute atomic E-state index is 0.0484. The number of amides is 1. The number of aromatic nitrogens is 2. The van der Waals surface area contributed by atoms with Crippen molar-refractivity contribution in [3.05, 3.63) is 78.1 Å². The third kappa shape index (κ3) is 5.97. The fourth-order valence-electron chi connectivity index (χ4n) is 3.84. The van der Waals surface area contributed by atoms with E-state index in [4.69, 9.17) is 5.73 Å². The molecule has 1 aliphatic rings. The largest absolute Gasteiger partial charge is 0.397 e. The number of benzene rings is 2. The number of hydrogen-bond donors (Lipinski definition) is 3. The highest BCUT2D eigenvalue weighted by Gasteiger charge is 2.23. The van der Waals surface area contributed by atoms with Crippen molar-refractivity contribution < 1.29 is 9.90 Å². The first-order valence-corrected chi connectivity index (χ1v) is 11.7. The molecule has 176 valence electrons. The van der Waals surface area contributed by atoms with E-state index < -0.39 is 0 Å².